The third-order valence-electron chi connectivity index (χ3n) is 2.44. The molecule has 1 aromatic rings. The number of methoxy groups -OCH3 is 1. The summed E-state index contributed by atoms with van der Waals surface area (Å²) in [5.74, 6) is 0.0706. The lowest BCUT2D eigenvalue weighted by Crippen LogP contribution is -2.27. The summed E-state index contributed by atoms with van der Waals surface area (Å²) in [5, 5.41) is 4.07. The third-order valence-corrected chi connectivity index (χ3v) is 2.44. The van der Waals surface area contributed by atoms with Crippen LogP contribution in [0.25, 0.3) is 0 Å². The second-order valence-electron chi connectivity index (χ2n) is 4.10. The molecule has 0 aromatic carbocycles. The van der Waals surface area contributed by atoms with Gasteiger partial charge in [0.1, 0.15) is 5.69 Å². The number of nitrogens with zero attached hydrogens (tertiary/aromatic N) is 2. The maximum atomic E-state index is 11.9. The second-order valence-corrected chi connectivity index (χ2v) is 4.10. The number of aromatic nitrogens is 2. The van der Waals surface area contributed by atoms with Crippen LogP contribution >= 0.6 is 0 Å². The molecule has 1 heterocycles. The Bertz CT molecular complexity index is 342. The first kappa shape index (κ1) is 11.9. The first-order valence-corrected chi connectivity index (χ1v) is 5.10. The lowest BCUT2D eigenvalue weighted by Gasteiger charge is -2.21. The minimum absolute atomic E-state index is 0.0706. The summed E-state index contributed by atoms with van der Waals surface area (Å²) < 4.78 is 6.93. The number of carbonyl (C=O) groups is 1. The Morgan fingerprint density at radius 2 is 2.27 bits per heavy atom. The molecule has 0 unspecified atom stereocenters. The smallest absolute Gasteiger partial charge is 0.183 e. The number of ether oxygens (including phenoxy) is 1. The summed E-state index contributed by atoms with van der Waals surface area (Å²) in [6, 6.07) is 1.75. The standard InChI is InChI=1S/C11H18N2O2/c1-5-13-9(6-7-12-13)10(14)8-11(2,3)15-4/h6-7H,5,8H2,1-4H3. The SMILES string of the molecule is CCn1nccc1C(=O)CC(C)(C)OC. The zero-order valence-corrected chi connectivity index (χ0v) is 9.78. The van der Waals surface area contributed by atoms with Gasteiger partial charge in [0.15, 0.2) is 5.78 Å². The average molecular weight is 210 g/mol. The molecule has 0 saturated heterocycles. The fourth-order valence-electron chi connectivity index (χ4n) is 1.37. The van der Waals surface area contributed by atoms with E-state index < -0.39 is 5.60 Å². The zero-order valence-electron chi connectivity index (χ0n) is 9.78. The third kappa shape index (κ3) is 2.89. The van der Waals surface area contributed by atoms with Gasteiger partial charge < -0.3 is 4.74 Å². The predicted molar refractivity (Wildman–Crippen MR) is 57.9 cm³/mol. The number of rotatable bonds is 5. The van der Waals surface area contributed by atoms with Crippen molar-refractivity contribution in [1.82, 2.24) is 9.78 Å². The summed E-state index contributed by atoms with van der Waals surface area (Å²) in [6.45, 7) is 6.47. The monoisotopic (exact) mass is 210 g/mol. The van der Waals surface area contributed by atoms with E-state index in [1.807, 2.05) is 20.8 Å². The van der Waals surface area contributed by atoms with Crippen molar-refractivity contribution >= 4 is 5.78 Å². The molecule has 0 atom stereocenters. The number of carbonyl (C=O) groups excluding carboxylic acids is 1. The molecule has 0 amide bonds. The van der Waals surface area contributed by atoms with Gasteiger partial charge in [-0.05, 0) is 26.8 Å². The van der Waals surface area contributed by atoms with Crippen LogP contribution in [-0.2, 0) is 11.3 Å². The molecule has 0 N–H and O–H groups in total. The Kier molecular flexibility index (Phi) is 3.63. The number of Topliss-reactive ketones (excluding diaryl/α,β-unsaturated/α-hetero) is 1. The van der Waals surface area contributed by atoms with E-state index in [2.05, 4.69) is 5.10 Å². The van der Waals surface area contributed by atoms with Gasteiger partial charge in [0.25, 0.3) is 0 Å². The molecule has 15 heavy (non-hydrogen) atoms. The lowest BCUT2D eigenvalue weighted by molar-refractivity contribution is 0.0169. The first-order chi connectivity index (χ1) is 7.00. The highest BCUT2D eigenvalue weighted by Gasteiger charge is 2.23. The fraction of sp³-hybridized carbons (Fsp3) is 0.636. The molecule has 0 bridgehead atoms. The molecular weight excluding hydrogens is 192 g/mol. The van der Waals surface area contributed by atoms with Gasteiger partial charge in [-0.15, -0.1) is 0 Å². The van der Waals surface area contributed by atoms with Gasteiger partial charge in [0, 0.05) is 26.3 Å². The Morgan fingerprint density at radius 1 is 1.60 bits per heavy atom. The van der Waals surface area contributed by atoms with E-state index in [-0.39, 0.29) is 5.78 Å². The Balaban J connectivity index is 2.78. The molecule has 1 rings (SSSR count). The van der Waals surface area contributed by atoms with Crippen molar-refractivity contribution in [1.29, 1.82) is 0 Å². The maximum absolute atomic E-state index is 11.9. The molecular formula is C11H18N2O2. The summed E-state index contributed by atoms with van der Waals surface area (Å²) in [7, 11) is 1.62. The van der Waals surface area contributed by atoms with Gasteiger partial charge in [-0.3, -0.25) is 9.48 Å². The van der Waals surface area contributed by atoms with Crippen molar-refractivity contribution in [2.75, 3.05) is 7.11 Å². The molecule has 0 saturated carbocycles. The van der Waals surface area contributed by atoms with Crippen LogP contribution in [0.15, 0.2) is 12.3 Å². The minimum atomic E-state index is -0.417. The van der Waals surface area contributed by atoms with Gasteiger partial charge >= 0.3 is 0 Å². The van der Waals surface area contributed by atoms with E-state index in [1.165, 1.54) is 0 Å². The number of hydrogen-bond acceptors (Lipinski definition) is 3. The van der Waals surface area contributed by atoms with Crippen LogP contribution in [0.2, 0.25) is 0 Å². The van der Waals surface area contributed by atoms with Crippen LogP contribution < -0.4 is 0 Å². The van der Waals surface area contributed by atoms with Crippen LogP contribution in [0.4, 0.5) is 0 Å². The van der Waals surface area contributed by atoms with Gasteiger partial charge in [-0.25, -0.2) is 0 Å². The van der Waals surface area contributed by atoms with Crippen LogP contribution in [-0.4, -0.2) is 28.3 Å². The molecule has 84 valence electrons. The Hall–Kier alpha value is -1.16. The molecule has 0 spiro atoms. The fourth-order valence-corrected chi connectivity index (χ4v) is 1.37. The second kappa shape index (κ2) is 4.57. The van der Waals surface area contributed by atoms with E-state index in [0.717, 1.165) is 0 Å². The summed E-state index contributed by atoms with van der Waals surface area (Å²) in [4.78, 5) is 11.9. The van der Waals surface area contributed by atoms with Gasteiger partial charge in [0.05, 0.1) is 5.60 Å². The van der Waals surface area contributed by atoms with Crippen molar-refractivity contribution in [2.45, 2.75) is 39.3 Å². The number of ketones is 1. The number of aryl methyl sites for hydroxylation is 1. The topological polar surface area (TPSA) is 44.1 Å². The normalized spacial score (nSPS) is 11.7. The largest absolute Gasteiger partial charge is 0.378 e. The van der Waals surface area contributed by atoms with Gasteiger partial charge in [-0.2, -0.15) is 5.10 Å². The van der Waals surface area contributed by atoms with Crippen molar-refractivity contribution in [3.8, 4) is 0 Å². The molecule has 4 nitrogen and oxygen atoms in total. The van der Waals surface area contributed by atoms with Crippen molar-refractivity contribution in [3.63, 3.8) is 0 Å². The zero-order chi connectivity index (χ0) is 11.5. The van der Waals surface area contributed by atoms with Crippen LogP contribution in [0.3, 0.4) is 0 Å². The maximum Gasteiger partial charge on any atom is 0.183 e. The molecule has 0 radical (unpaired) electrons. The van der Waals surface area contributed by atoms with Gasteiger partial charge in [-0.1, -0.05) is 0 Å². The molecule has 4 heteroatoms. The van der Waals surface area contributed by atoms with E-state index in [0.29, 0.717) is 18.7 Å². The summed E-state index contributed by atoms with van der Waals surface area (Å²) in [5.41, 5.74) is 0.238. The molecule has 0 aliphatic carbocycles. The highest BCUT2D eigenvalue weighted by molar-refractivity contribution is 5.95. The van der Waals surface area contributed by atoms with Crippen LogP contribution in [0.1, 0.15) is 37.7 Å². The van der Waals surface area contributed by atoms with E-state index >= 15 is 0 Å². The van der Waals surface area contributed by atoms with Crippen LogP contribution in [0.5, 0.6) is 0 Å². The molecule has 0 aliphatic rings. The molecule has 0 aliphatic heterocycles. The summed E-state index contributed by atoms with van der Waals surface area (Å²) >= 11 is 0. The van der Waals surface area contributed by atoms with Gasteiger partial charge in [0.2, 0.25) is 0 Å². The Labute approximate surface area is 90.2 Å². The molecule has 0 fully saturated rings. The summed E-state index contributed by atoms with van der Waals surface area (Å²) in [6.07, 6.45) is 2.02. The minimum Gasteiger partial charge on any atom is -0.378 e. The van der Waals surface area contributed by atoms with E-state index in [4.69, 9.17) is 4.74 Å². The van der Waals surface area contributed by atoms with Crippen LogP contribution in [0, 0.1) is 0 Å². The molecule has 1 aromatic heterocycles. The van der Waals surface area contributed by atoms with Crippen molar-refractivity contribution in [2.24, 2.45) is 0 Å². The van der Waals surface area contributed by atoms with Crippen molar-refractivity contribution < 1.29 is 9.53 Å². The lowest BCUT2D eigenvalue weighted by atomic mass is 10.00. The van der Waals surface area contributed by atoms with E-state index in [1.54, 1.807) is 24.1 Å². The predicted octanol–water partition coefficient (Wildman–Crippen LogP) is 1.90. The quantitative estimate of drug-likeness (QED) is 0.697. The highest BCUT2D eigenvalue weighted by atomic mass is 16.5. The first-order valence-electron chi connectivity index (χ1n) is 5.10. The average Bonchev–Trinajstić information content (AvgIpc) is 2.64. The van der Waals surface area contributed by atoms with Crippen molar-refractivity contribution in [3.05, 3.63) is 18.0 Å². The number of hydrogen-bond donors (Lipinski definition) is 0. The highest BCUT2D eigenvalue weighted by Crippen LogP contribution is 2.16. The van der Waals surface area contributed by atoms with E-state index in [9.17, 15) is 4.79 Å². The Morgan fingerprint density at radius 3 is 2.80 bits per heavy atom.